The maximum absolute atomic E-state index is 5.14. The summed E-state index contributed by atoms with van der Waals surface area (Å²) < 4.78 is 5.14. The number of hydrogen-bond acceptors (Lipinski definition) is 6. The molecule has 0 atom stereocenters. The van der Waals surface area contributed by atoms with Gasteiger partial charge < -0.3 is 9.42 Å². The first-order chi connectivity index (χ1) is 10.6. The van der Waals surface area contributed by atoms with Gasteiger partial charge in [0.05, 0.1) is 5.56 Å². The zero-order valence-electron chi connectivity index (χ0n) is 12.8. The third-order valence-electron chi connectivity index (χ3n) is 3.46. The van der Waals surface area contributed by atoms with Crippen molar-refractivity contribution in [1.29, 1.82) is 0 Å². The summed E-state index contributed by atoms with van der Waals surface area (Å²) in [6.45, 7) is 4.63. The molecule has 22 heavy (non-hydrogen) atoms. The van der Waals surface area contributed by atoms with E-state index in [4.69, 9.17) is 4.52 Å². The van der Waals surface area contributed by atoms with E-state index in [1.807, 2.05) is 37.6 Å². The van der Waals surface area contributed by atoms with Gasteiger partial charge in [-0.3, -0.25) is 4.98 Å². The maximum atomic E-state index is 5.14. The Kier molecular flexibility index (Phi) is 3.82. The molecule has 0 N–H and O–H groups in total. The molecule has 6 heteroatoms. The summed E-state index contributed by atoms with van der Waals surface area (Å²) >= 11 is 0. The standard InChI is InChI=1S/C16H17N5O/c1-11-8-17-7-6-14(11)10-21(3)15-5-4-13(9-18-15)16-19-12(2)20-22-16/h4-9H,10H2,1-3H3. The van der Waals surface area contributed by atoms with Crippen LogP contribution in [0.15, 0.2) is 41.3 Å². The van der Waals surface area contributed by atoms with Crippen LogP contribution >= 0.6 is 0 Å². The lowest BCUT2D eigenvalue weighted by Crippen LogP contribution is -2.18. The van der Waals surface area contributed by atoms with Gasteiger partial charge in [-0.1, -0.05) is 5.16 Å². The molecule has 3 rings (SSSR count). The molecule has 0 fully saturated rings. The average Bonchev–Trinajstić information content (AvgIpc) is 2.96. The minimum Gasteiger partial charge on any atom is -0.355 e. The third-order valence-corrected chi connectivity index (χ3v) is 3.46. The lowest BCUT2D eigenvalue weighted by molar-refractivity contribution is 0.425. The summed E-state index contributed by atoms with van der Waals surface area (Å²) in [6.07, 6.45) is 5.43. The third kappa shape index (κ3) is 2.95. The number of rotatable bonds is 4. The Morgan fingerprint density at radius 1 is 1.14 bits per heavy atom. The fraction of sp³-hybridized carbons (Fsp3) is 0.250. The van der Waals surface area contributed by atoms with Crippen molar-refractivity contribution in [1.82, 2.24) is 20.1 Å². The van der Waals surface area contributed by atoms with Gasteiger partial charge in [0.15, 0.2) is 5.82 Å². The van der Waals surface area contributed by atoms with Crippen LogP contribution in [0.3, 0.4) is 0 Å². The van der Waals surface area contributed by atoms with Crippen LogP contribution < -0.4 is 4.90 Å². The Hall–Kier alpha value is -2.76. The zero-order valence-corrected chi connectivity index (χ0v) is 12.8. The molecule has 0 unspecified atom stereocenters. The first-order valence-corrected chi connectivity index (χ1v) is 7.01. The van der Waals surface area contributed by atoms with E-state index in [9.17, 15) is 0 Å². The van der Waals surface area contributed by atoms with Gasteiger partial charge in [0.2, 0.25) is 0 Å². The average molecular weight is 295 g/mol. The number of aromatic nitrogens is 4. The Morgan fingerprint density at radius 3 is 2.64 bits per heavy atom. The summed E-state index contributed by atoms with van der Waals surface area (Å²) in [5.41, 5.74) is 3.22. The first-order valence-electron chi connectivity index (χ1n) is 7.01. The highest BCUT2D eigenvalue weighted by molar-refractivity contribution is 5.54. The van der Waals surface area contributed by atoms with Gasteiger partial charge >= 0.3 is 0 Å². The molecule has 0 bridgehead atoms. The van der Waals surface area contributed by atoms with Crippen LogP contribution in [-0.4, -0.2) is 27.2 Å². The summed E-state index contributed by atoms with van der Waals surface area (Å²) in [6, 6.07) is 5.91. The molecule has 0 aliphatic carbocycles. The fourth-order valence-electron chi connectivity index (χ4n) is 2.17. The zero-order chi connectivity index (χ0) is 15.5. The predicted molar refractivity (Wildman–Crippen MR) is 83.3 cm³/mol. The summed E-state index contributed by atoms with van der Waals surface area (Å²) in [5.74, 6) is 1.99. The van der Waals surface area contributed by atoms with E-state index in [1.54, 1.807) is 13.1 Å². The quantitative estimate of drug-likeness (QED) is 0.737. The Morgan fingerprint density at radius 2 is 2.00 bits per heavy atom. The first kappa shape index (κ1) is 14.2. The molecule has 112 valence electrons. The molecule has 0 aliphatic rings. The molecule has 0 spiro atoms. The van der Waals surface area contributed by atoms with Gasteiger partial charge in [0.1, 0.15) is 5.82 Å². The lowest BCUT2D eigenvalue weighted by atomic mass is 10.1. The Labute approximate surface area is 128 Å². The topological polar surface area (TPSA) is 67.9 Å². The molecule has 3 heterocycles. The monoisotopic (exact) mass is 295 g/mol. The highest BCUT2D eigenvalue weighted by atomic mass is 16.5. The maximum Gasteiger partial charge on any atom is 0.259 e. The van der Waals surface area contributed by atoms with Crippen molar-refractivity contribution in [2.45, 2.75) is 20.4 Å². The predicted octanol–water partition coefficient (Wildman–Crippen LogP) is 2.78. The SMILES string of the molecule is Cc1noc(-c2ccc(N(C)Cc3ccncc3C)nc2)n1. The minimum atomic E-state index is 0.490. The molecule has 6 nitrogen and oxygen atoms in total. The number of pyridine rings is 2. The Balaban J connectivity index is 1.76. The van der Waals surface area contributed by atoms with Crippen LogP contribution in [0.25, 0.3) is 11.5 Å². The number of nitrogens with zero attached hydrogens (tertiary/aromatic N) is 5. The van der Waals surface area contributed by atoms with E-state index in [2.05, 4.69) is 31.9 Å². The van der Waals surface area contributed by atoms with Crippen molar-refractivity contribution in [3.05, 3.63) is 53.7 Å². The molecule has 0 saturated heterocycles. The van der Waals surface area contributed by atoms with Gasteiger partial charge in [0.25, 0.3) is 5.89 Å². The molecular weight excluding hydrogens is 278 g/mol. The molecule has 0 aliphatic heterocycles. The van der Waals surface area contributed by atoms with Crippen molar-refractivity contribution >= 4 is 5.82 Å². The molecular formula is C16H17N5O. The van der Waals surface area contributed by atoms with Crippen molar-refractivity contribution in [3.63, 3.8) is 0 Å². The summed E-state index contributed by atoms with van der Waals surface area (Å²) in [5, 5.41) is 3.79. The molecule has 0 aromatic carbocycles. The normalized spacial score (nSPS) is 10.7. The second kappa shape index (κ2) is 5.93. The van der Waals surface area contributed by atoms with Crippen molar-refractivity contribution in [2.75, 3.05) is 11.9 Å². The molecule has 3 aromatic heterocycles. The summed E-state index contributed by atoms with van der Waals surface area (Å²) in [7, 11) is 2.01. The highest BCUT2D eigenvalue weighted by Crippen LogP contribution is 2.20. The molecule has 0 radical (unpaired) electrons. The molecule has 0 saturated carbocycles. The van der Waals surface area contributed by atoms with Crippen molar-refractivity contribution in [3.8, 4) is 11.5 Å². The minimum absolute atomic E-state index is 0.490. The van der Waals surface area contributed by atoms with E-state index >= 15 is 0 Å². The van der Waals surface area contributed by atoms with Crippen LogP contribution in [0.4, 0.5) is 5.82 Å². The van der Waals surface area contributed by atoms with Gasteiger partial charge in [-0.15, -0.1) is 0 Å². The molecule has 3 aromatic rings. The smallest absolute Gasteiger partial charge is 0.259 e. The lowest BCUT2D eigenvalue weighted by Gasteiger charge is -2.19. The number of anilines is 1. The van der Waals surface area contributed by atoms with Crippen LogP contribution in [0.2, 0.25) is 0 Å². The van der Waals surface area contributed by atoms with Gasteiger partial charge in [0, 0.05) is 32.2 Å². The van der Waals surface area contributed by atoms with Crippen LogP contribution in [0.1, 0.15) is 17.0 Å². The van der Waals surface area contributed by atoms with E-state index in [0.29, 0.717) is 11.7 Å². The Bertz CT molecular complexity index is 766. The van der Waals surface area contributed by atoms with Crippen molar-refractivity contribution in [2.24, 2.45) is 0 Å². The summed E-state index contributed by atoms with van der Waals surface area (Å²) in [4.78, 5) is 14.9. The van der Waals surface area contributed by atoms with Gasteiger partial charge in [-0.2, -0.15) is 4.98 Å². The highest BCUT2D eigenvalue weighted by Gasteiger charge is 2.09. The van der Waals surface area contributed by atoms with Crippen molar-refractivity contribution < 1.29 is 4.52 Å². The largest absolute Gasteiger partial charge is 0.355 e. The fourth-order valence-corrected chi connectivity index (χ4v) is 2.17. The van der Waals surface area contributed by atoms with Crippen LogP contribution in [0.5, 0.6) is 0 Å². The van der Waals surface area contributed by atoms with Crippen LogP contribution in [0, 0.1) is 13.8 Å². The number of hydrogen-bond donors (Lipinski definition) is 0. The second-order valence-electron chi connectivity index (χ2n) is 5.21. The second-order valence-corrected chi connectivity index (χ2v) is 5.21. The van der Waals surface area contributed by atoms with E-state index in [-0.39, 0.29) is 0 Å². The van der Waals surface area contributed by atoms with E-state index in [1.165, 1.54) is 11.1 Å². The van der Waals surface area contributed by atoms with Gasteiger partial charge in [-0.25, -0.2) is 4.98 Å². The van der Waals surface area contributed by atoms with E-state index < -0.39 is 0 Å². The van der Waals surface area contributed by atoms with Crippen LogP contribution in [-0.2, 0) is 6.54 Å². The van der Waals surface area contributed by atoms with E-state index in [0.717, 1.165) is 17.9 Å². The van der Waals surface area contributed by atoms with Gasteiger partial charge in [-0.05, 0) is 43.2 Å². The molecule has 0 amide bonds. The number of aryl methyl sites for hydroxylation is 2.